The number of morpholine rings is 1. The number of carbonyl (C=O) groups is 1. The molecule has 1 rings (SSSR count). The Morgan fingerprint density at radius 2 is 1.90 bits per heavy atom. The zero-order valence-corrected chi connectivity index (χ0v) is 12.5. The molecule has 0 aromatic rings. The van der Waals surface area contributed by atoms with Crippen molar-refractivity contribution in [2.24, 2.45) is 0 Å². The standard InChI is InChI=1S/C13H23F3N2O3/c1-12(2,18-4-7-20-8-5-18)9-17-11(19)3-6-21-10-13(14,15)16/h3-10H2,1-2H3,(H,17,19). The second-order valence-electron chi connectivity index (χ2n) is 5.61. The number of ether oxygens (including phenoxy) is 2. The first-order chi connectivity index (χ1) is 9.71. The highest BCUT2D eigenvalue weighted by atomic mass is 19.4. The second kappa shape index (κ2) is 7.95. The molecule has 1 aliphatic rings. The molecular formula is C13H23F3N2O3. The van der Waals surface area contributed by atoms with Crippen LogP contribution in [0.25, 0.3) is 0 Å². The lowest BCUT2D eigenvalue weighted by molar-refractivity contribution is -0.174. The number of hydrogen-bond donors (Lipinski definition) is 1. The van der Waals surface area contributed by atoms with Crippen molar-refractivity contribution < 1.29 is 27.4 Å². The van der Waals surface area contributed by atoms with E-state index in [1.165, 1.54) is 0 Å². The van der Waals surface area contributed by atoms with Crippen LogP contribution < -0.4 is 5.32 Å². The van der Waals surface area contributed by atoms with E-state index in [0.29, 0.717) is 19.8 Å². The van der Waals surface area contributed by atoms with Gasteiger partial charge >= 0.3 is 6.18 Å². The van der Waals surface area contributed by atoms with E-state index in [4.69, 9.17) is 4.74 Å². The van der Waals surface area contributed by atoms with Gasteiger partial charge in [-0.15, -0.1) is 0 Å². The molecule has 0 aromatic carbocycles. The molecule has 1 saturated heterocycles. The fourth-order valence-electron chi connectivity index (χ4n) is 2.04. The Morgan fingerprint density at radius 3 is 2.48 bits per heavy atom. The van der Waals surface area contributed by atoms with E-state index in [1.807, 2.05) is 13.8 Å². The van der Waals surface area contributed by atoms with E-state index in [2.05, 4.69) is 15.0 Å². The van der Waals surface area contributed by atoms with E-state index >= 15 is 0 Å². The maximum atomic E-state index is 11.8. The van der Waals surface area contributed by atoms with Crippen LogP contribution in [0, 0.1) is 0 Å². The molecule has 1 aliphatic heterocycles. The first-order valence-corrected chi connectivity index (χ1v) is 6.95. The van der Waals surface area contributed by atoms with Crippen molar-refractivity contribution in [3.8, 4) is 0 Å². The summed E-state index contributed by atoms with van der Waals surface area (Å²) < 4.78 is 45.2. The number of nitrogens with one attached hydrogen (secondary N) is 1. The molecule has 0 bridgehead atoms. The molecule has 5 nitrogen and oxygen atoms in total. The Hall–Kier alpha value is -0.860. The van der Waals surface area contributed by atoms with Crippen LogP contribution in [-0.4, -0.2) is 68.6 Å². The molecule has 0 saturated carbocycles. The van der Waals surface area contributed by atoms with Gasteiger partial charge in [-0.1, -0.05) is 0 Å². The van der Waals surface area contributed by atoms with Gasteiger partial charge in [-0.05, 0) is 13.8 Å². The SMILES string of the molecule is CC(C)(CNC(=O)CCOCC(F)(F)F)N1CCOCC1. The first-order valence-electron chi connectivity index (χ1n) is 6.95. The summed E-state index contributed by atoms with van der Waals surface area (Å²) in [6.07, 6.45) is -4.43. The van der Waals surface area contributed by atoms with Gasteiger partial charge in [-0.25, -0.2) is 0 Å². The van der Waals surface area contributed by atoms with Gasteiger partial charge in [0.25, 0.3) is 0 Å². The molecule has 0 spiro atoms. The minimum Gasteiger partial charge on any atom is -0.379 e. The van der Waals surface area contributed by atoms with E-state index in [9.17, 15) is 18.0 Å². The Kier molecular flexibility index (Phi) is 6.89. The van der Waals surface area contributed by atoms with Crippen molar-refractivity contribution in [3.63, 3.8) is 0 Å². The maximum Gasteiger partial charge on any atom is 0.411 e. The lowest BCUT2D eigenvalue weighted by atomic mass is 10.0. The van der Waals surface area contributed by atoms with Crippen LogP contribution in [-0.2, 0) is 14.3 Å². The Labute approximate surface area is 122 Å². The number of nitrogens with zero attached hydrogens (tertiary/aromatic N) is 1. The lowest BCUT2D eigenvalue weighted by Crippen LogP contribution is -2.55. The smallest absolute Gasteiger partial charge is 0.379 e. The monoisotopic (exact) mass is 312 g/mol. The van der Waals surface area contributed by atoms with Gasteiger partial charge in [-0.3, -0.25) is 9.69 Å². The van der Waals surface area contributed by atoms with Crippen molar-refractivity contribution in [2.45, 2.75) is 32.0 Å². The molecule has 8 heteroatoms. The van der Waals surface area contributed by atoms with Gasteiger partial charge < -0.3 is 14.8 Å². The second-order valence-corrected chi connectivity index (χ2v) is 5.61. The number of rotatable bonds is 7. The highest BCUT2D eigenvalue weighted by Crippen LogP contribution is 2.15. The molecule has 0 radical (unpaired) electrons. The van der Waals surface area contributed by atoms with Gasteiger partial charge in [0, 0.05) is 31.6 Å². The topological polar surface area (TPSA) is 50.8 Å². The van der Waals surface area contributed by atoms with Crippen LogP contribution in [0.5, 0.6) is 0 Å². The maximum absolute atomic E-state index is 11.8. The molecule has 1 amide bonds. The van der Waals surface area contributed by atoms with Crippen LogP contribution in [0.15, 0.2) is 0 Å². The Bertz CT molecular complexity index is 329. The normalized spacial score (nSPS) is 17.8. The zero-order chi connectivity index (χ0) is 15.9. The highest BCUT2D eigenvalue weighted by molar-refractivity contribution is 5.76. The minimum absolute atomic E-state index is 0.0741. The van der Waals surface area contributed by atoms with E-state index in [0.717, 1.165) is 13.1 Å². The molecule has 1 heterocycles. The van der Waals surface area contributed by atoms with E-state index < -0.39 is 12.8 Å². The largest absolute Gasteiger partial charge is 0.411 e. The third-order valence-corrected chi connectivity index (χ3v) is 3.32. The zero-order valence-electron chi connectivity index (χ0n) is 12.5. The number of hydrogen-bond acceptors (Lipinski definition) is 4. The van der Waals surface area contributed by atoms with Crippen molar-refractivity contribution >= 4 is 5.91 Å². The summed E-state index contributed by atoms with van der Waals surface area (Å²) in [4.78, 5) is 13.8. The van der Waals surface area contributed by atoms with Gasteiger partial charge in [0.2, 0.25) is 5.91 Å². The fraction of sp³-hybridized carbons (Fsp3) is 0.923. The average Bonchev–Trinajstić information content (AvgIpc) is 2.41. The molecule has 1 N–H and O–H groups in total. The van der Waals surface area contributed by atoms with Crippen molar-refractivity contribution in [2.75, 3.05) is 46.1 Å². The fourth-order valence-corrected chi connectivity index (χ4v) is 2.04. The molecule has 21 heavy (non-hydrogen) atoms. The van der Waals surface area contributed by atoms with Crippen molar-refractivity contribution in [1.82, 2.24) is 10.2 Å². The van der Waals surface area contributed by atoms with Crippen molar-refractivity contribution in [1.29, 1.82) is 0 Å². The average molecular weight is 312 g/mol. The van der Waals surface area contributed by atoms with Crippen LogP contribution in [0.3, 0.4) is 0 Å². The Morgan fingerprint density at radius 1 is 1.29 bits per heavy atom. The predicted octanol–water partition coefficient (Wildman–Crippen LogP) is 1.18. The van der Waals surface area contributed by atoms with Gasteiger partial charge in [0.05, 0.1) is 19.8 Å². The molecule has 124 valence electrons. The third-order valence-electron chi connectivity index (χ3n) is 3.32. The predicted molar refractivity (Wildman–Crippen MR) is 71.0 cm³/mol. The molecular weight excluding hydrogens is 289 g/mol. The molecule has 0 aliphatic carbocycles. The van der Waals surface area contributed by atoms with E-state index in [1.54, 1.807) is 0 Å². The number of carbonyl (C=O) groups excluding carboxylic acids is 1. The Balaban J connectivity index is 2.19. The lowest BCUT2D eigenvalue weighted by Gasteiger charge is -2.40. The van der Waals surface area contributed by atoms with Crippen molar-refractivity contribution in [3.05, 3.63) is 0 Å². The summed E-state index contributed by atoms with van der Waals surface area (Å²) >= 11 is 0. The summed E-state index contributed by atoms with van der Waals surface area (Å²) in [7, 11) is 0. The molecule has 0 atom stereocenters. The van der Waals surface area contributed by atoms with Crippen LogP contribution in [0.4, 0.5) is 13.2 Å². The quantitative estimate of drug-likeness (QED) is 0.717. The molecule has 0 aromatic heterocycles. The first kappa shape index (κ1) is 18.2. The third kappa shape index (κ3) is 7.63. The van der Waals surface area contributed by atoms with Crippen LogP contribution in [0.1, 0.15) is 20.3 Å². The van der Waals surface area contributed by atoms with E-state index in [-0.39, 0.29) is 24.5 Å². The number of halogens is 3. The molecule has 0 unspecified atom stereocenters. The summed E-state index contributed by atoms with van der Waals surface area (Å²) in [6, 6.07) is 0. The summed E-state index contributed by atoms with van der Waals surface area (Å²) in [6.45, 7) is 5.85. The number of amides is 1. The summed E-state index contributed by atoms with van der Waals surface area (Å²) in [5.74, 6) is -0.307. The minimum atomic E-state index is -4.35. The van der Waals surface area contributed by atoms with Gasteiger partial charge in [0.15, 0.2) is 0 Å². The summed E-state index contributed by atoms with van der Waals surface area (Å²) in [5, 5.41) is 2.74. The molecule has 1 fully saturated rings. The highest BCUT2D eigenvalue weighted by Gasteiger charge is 2.29. The summed E-state index contributed by atoms with van der Waals surface area (Å²) in [5.41, 5.74) is -0.216. The van der Waals surface area contributed by atoms with Gasteiger partial charge in [-0.2, -0.15) is 13.2 Å². The number of alkyl halides is 3. The van der Waals surface area contributed by atoms with Gasteiger partial charge in [0.1, 0.15) is 6.61 Å². The van der Waals surface area contributed by atoms with Crippen LogP contribution in [0.2, 0.25) is 0 Å². The van der Waals surface area contributed by atoms with Crippen LogP contribution >= 0.6 is 0 Å².